The Labute approximate surface area is 163 Å². The van der Waals surface area contributed by atoms with E-state index in [0.29, 0.717) is 11.7 Å². The molecule has 1 aliphatic rings. The van der Waals surface area contributed by atoms with Crippen LogP contribution in [0.2, 0.25) is 0 Å². The van der Waals surface area contributed by atoms with E-state index < -0.39 is 10.0 Å². The van der Waals surface area contributed by atoms with E-state index in [2.05, 4.69) is 19.9 Å². The molecule has 1 saturated heterocycles. The lowest BCUT2D eigenvalue weighted by atomic mass is 10.1. The zero-order valence-electron chi connectivity index (χ0n) is 15.5. The van der Waals surface area contributed by atoms with Gasteiger partial charge in [0.1, 0.15) is 11.3 Å². The van der Waals surface area contributed by atoms with Gasteiger partial charge in [0.15, 0.2) is 5.65 Å². The van der Waals surface area contributed by atoms with Crippen molar-refractivity contribution in [2.45, 2.75) is 30.7 Å². The molecule has 7 nitrogen and oxygen atoms in total. The Balaban J connectivity index is 1.75. The van der Waals surface area contributed by atoms with E-state index in [-0.39, 0.29) is 4.90 Å². The van der Waals surface area contributed by atoms with Crippen molar-refractivity contribution >= 4 is 32.1 Å². The molecular weight excluding hydrogens is 374 g/mol. The molecule has 4 aromatic rings. The third-order valence-electron chi connectivity index (χ3n) is 5.44. The van der Waals surface area contributed by atoms with Crippen LogP contribution < -0.4 is 5.32 Å². The van der Waals surface area contributed by atoms with Gasteiger partial charge in [-0.2, -0.15) is 0 Å². The molecule has 144 valence electrons. The Morgan fingerprint density at radius 1 is 1.18 bits per heavy atom. The highest BCUT2D eigenvalue weighted by Gasteiger charge is 2.24. The largest absolute Gasteiger partial charge is 0.323 e. The number of hydrogen-bond acceptors (Lipinski definition) is 5. The lowest BCUT2D eigenvalue weighted by Crippen LogP contribution is -2.32. The molecule has 1 N–H and O–H groups in total. The first-order chi connectivity index (χ1) is 13.6. The minimum atomic E-state index is -3.71. The van der Waals surface area contributed by atoms with Gasteiger partial charge in [0.25, 0.3) is 10.0 Å². The fraction of sp³-hybridized carbons (Fsp3) is 0.300. The van der Waals surface area contributed by atoms with Crippen molar-refractivity contribution in [1.29, 1.82) is 0 Å². The fourth-order valence-electron chi connectivity index (χ4n) is 4.16. The molecule has 0 unspecified atom stereocenters. The van der Waals surface area contributed by atoms with Crippen LogP contribution in [0.25, 0.3) is 22.1 Å². The van der Waals surface area contributed by atoms with Crippen LogP contribution in [0.4, 0.5) is 0 Å². The fourth-order valence-corrected chi connectivity index (χ4v) is 5.49. The Morgan fingerprint density at radius 2 is 2.00 bits per heavy atom. The van der Waals surface area contributed by atoms with Crippen LogP contribution in [-0.4, -0.2) is 40.0 Å². The van der Waals surface area contributed by atoms with Gasteiger partial charge in [-0.3, -0.25) is 0 Å². The van der Waals surface area contributed by atoms with E-state index in [1.54, 1.807) is 42.7 Å². The number of aryl methyl sites for hydroxylation is 1. The molecule has 28 heavy (non-hydrogen) atoms. The Kier molecular flexibility index (Phi) is 3.99. The molecule has 8 heteroatoms. The summed E-state index contributed by atoms with van der Waals surface area (Å²) in [7, 11) is -3.71. The van der Waals surface area contributed by atoms with E-state index in [1.807, 2.05) is 13.0 Å². The van der Waals surface area contributed by atoms with Gasteiger partial charge in [-0.1, -0.05) is 18.2 Å². The average molecular weight is 395 g/mol. The molecule has 0 aliphatic carbocycles. The number of rotatable bonds is 3. The molecule has 0 saturated carbocycles. The van der Waals surface area contributed by atoms with E-state index in [9.17, 15) is 8.42 Å². The molecule has 5 rings (SSSR count). The molecule has 1 atom stereocenters. The van der Waals surface area contributed by atoms with Gasteiger partial charge in [0.05, 0.1) is 16.6 Å². The third kappa shape index (κ3) is 2.56. The van der Waals surface area contributed by atoms with Crippen LogP contribution in [0.5, 0.6) is 0 Å². The monoisotopic (exact) mass is 395 g/mol. The summed E-state index contributed by atoms with van der Waals surface area (Å²) in [5.41, 5.74) is 2.19. The number of pyridine rings is 1. The molecule has 0 bridgehead atoms. The maximum Gasteiger partial charge on any atom is 0.269 e. The summed E-state index contributed by atoms with van der Waals surface area (Å²) in [5.74, 6) is 0.927. The summed E-state index contributed by atoms with van der Waals surface area (Å²) in [6.07, 6.45) is 5.45. The number of hydrogen-bond donors (Lipinski definition) is 1. The Hall–Kier alpha value is -2.71. The highest BCUT2D eigenvalue weighted by atomic mass is 32.2. The number of imidazole rings is 1. The van der Waals surface area contributed by atoms with Crippen LogP contribution in [0.3, 0.4) is 0 Å². The van der Waals surface area contributed by atoms with Crippen molar-refractivity contribution in [1.82, 2.24) is 23.8 Å². The van der Waals surface area contributed by atoms with Crippen molar-refractivity contribution in [3.8, 4) is 0 Å². The first kappa shape index (κ1) is 17.4. The van der Waals surface area contributed by atoms with Crippen molar-refractivity contribution in [3.63, 3.8) is 0 Å². The van der Waals surface area contributed by atoms with Gasteiger partial charge in [0, 0.05) is 24.2 Å². The molecule has 4 heterocycles. The van der Waals surface area contributed by atoms with Gasteiger partial charge in [-0.15, -0.1) is 0 Å². The normalized spacial score (nSPS) is 18.1. The van der Waals surface area contributed by atoms with Crippen LogP contribution in [-0.2, 0) is 10.0 Å². The van der Waals surface area contributed by atoms with Crippen LogP contribution in [0.1, 0.15) is 24.7 Å². The van der Waals surface area contributed by atoms with E-state index in [4.69, 9.17) is 0 Å². The molecule has 1 fully saturated rings. The summed E-state index contributed by atoms with van der Waals surface area (Å²) >= 11 is 0. The van der Waals surface area contributed by atoms with Crippen LogP contribution in [0, 0.1) is 6.92 Å². The second kappa shape index (κ2) is 6.42. The summed E-state index contributed by atoms with van der Waals surface area (Å²) in [4.78, 5) is 9.38. The lowest BCUT2D eigenvalue weighted by molar-refractivity contribution is 0.373. The maximum atomic E-state index is 13.1. The van der Waals surface area contributed by atoms with Crippen molar-refractivity contribution in [2.24, 2.45) is 0 Å². The maximum absolute atomic E-state index is 13.1. The molecule has 0 radical (unpaired) electrons. The zero-order valence-corrected chi connectivity index (χ0v) is 16.4. The minimum Gasteiger partial charge on any atom is -0.323 e. The lowest BCUT2D eigenvalue weighted by Gasteiger charge is -2.26. The highest BCUT2D eigenvalue weighted by molar-refractivity contribution is 7.90. The van der Waals surface area contributed by atoms with E-state index in [1.165, 1.54) is 3.97 Å². The number of aromatic nitrogens is 4. The van der Waals surface area contributed by atoms with E-state index >= 15 is 0 Å². The second-order valence-corrected chi connectivity index (χ2v) is 9.00. The summed E-state index contributed by atoms with van der Waals surface area (Å²) < 4.78 is 29.8. The summed E-state index contributed by atoms with van der Waals surface area (Å²) in [6, 6.07) is 10.6. The molecule has 3 aromatic heterocycles. The Morgan fingerprint density at radius 3 is 2.75 bits per heavy atom. The Bertz CT molecular complexity index is 1270. The van der Waals surface area contributed by atoms with E-state index in [0.717, 1.165) is 48.2 Å². The molecule has 0 spiro atoms. The average Bonchev–Trinajstić information content (AvgIpc) is 3.30. The number of nitrogens with one attached hydrogen (secondary N) is 1. The van der Waals surface area contributed by atoms with Crippen LogP contribution >= 0.6 is 0 Å². The highest BCUT2D eigenvalue weighted by Crippen LogP contribution is 2.31. The zero-order chi connectivity index (χ0) is 19.3. The number of benzene rings is 1. The van der Waals surface area contributed by atoms with Gasteiger partial charge in [-0.25, -0.2) is 22.4 Å². The van der Waals surface area contributed by atoms with Gasteiger partial charge >= 0.3 is 0 Å². The first-order valence-electron chi connectivity index (χ1n) is 9.43. The summed E-state index contributed by atoms with van der Waals surface area (Å²) in [5, 5.41) is 4.26. The standard InChI is InChI=1S/C20H21N5O2S/c1-14-23-18-13-22-20-17(19(18)25(14)15-6-5-10-21-12-15)9-11-24(20)28(26,27)16-7-3-2-4-8-16/h2-4,7-9,11,13,15,21H,5-6,10,12H2,1H3/t15-/m0/s1. The number of nitrogens with zero attached hydrogens (tertiary/aromatic N) is 4. The predicted octanol–water partition coefficient (Wildman–Crippen LogP) is 2.86. The predicted molar refractivity (Wildman–Crippen MR) is 108 cm³/mol. The summed E-state index contributed by atoms with van der Waals surface area (Å²) in [6.45, 7) is 3.92. The van der Waals surface area contributed by atoms with Gasteiger partial charge < -0.3 is 9.88 Å². The van der Waals surface area contributed by atoms with Crippen molar-refractivity contribution in [3.05, 3.63) is 54.6 Å². The topological polar surface area (TPSA) is 81.8 Å². The molecule has 1 aliphatic heterocycles. The number of fused-ring (bicyclic) bond motifs is 3. The van der Waals surface area contributed by atoms with Crippen molar-refractivity contribution < 1.29 is 8.42 Å². The second-order valence-electron chi connectivity index (χ2n) is 7.19. The SMILES string of the molecule is Cc1nc2cnc3c(ccn3S(=O)(=O)c3ccccc3)c2n1[C@H]1CCCNC1. The van der Waals surface area contributed by atoms with Gasteiger partial charge in [0.2, 0.25) is 0 Å². The van der Waals surface area contributed by atoms with Gasteiger partial charge in [-0.05, 0) is 44.5 Å². The van der Waals surface area contributed by atoms with Crippen LogP contribution in [0.15, 0.2) is 53.7 Å². The molecular formula is C20H21N5O2S. The third-order valence-corrected chi connectivity index (χ3v) is 7.12. The van der Waals surface area contributed by atoms with Crippen molar-refractivity contribution in [2.75, 3.05) is 13.1 Å². The first-order valence-corrected chi connectivity index (χ1v) is 10.9. The smallest absolute Gasteiger partial charge is 0.269 e. The number of piperidine rings is 1. The minimum absolute atomic E-state index is 0.246. The molecule has 0 amide bonds. The quantitative estimate of drug-likeness (QED) is 0.577. The molecule has 1 aromatic carbocycles.